The van der Waals surface area contributed by atoms with Gasteiger partial charge in [-0.25, -0.2) is 14.5 Å². The first-order chi connectivity index (χ1) is 12.6. The first kappa shape index (κ1) is 20.9. The number of carbonyl (C=O) groups excluding carboxylic acids is 3. The van der Waals surface area contributed by atoms with E-state index in [-0.39, 0.29) is 13.0 Å². The topological polar surface area (TPSA) is 93.1 Å². The van der Waals surface area contributed by atoms with Gasteiger partial charge in [-0.3, -0.25) is 4.79 Å². The van der Waals surface area contributed by atoms with Crippen molar-refractivity contribution in [1.82, 2.24) is 4.90 Å². The molecule has 27 heavy (non-hydrogen) atoms. The Kier molecular flexibility index (Phi) is 6.59. The van der Waals surface area contributed by atoms with E-state index in [1.54, 1.807) is 52.0 Å². The number of aliphatic hydroxyl groups is 1. The molecule has 0 aromatic heterocycles. The molecule has 2 unspecified atom stereocenters. The second-order valence-electron chi connectivity index (χ2n) is 7.62. The number of likely N-dealkylation sites (tertiary alicyclic amines) is 1. The van der Waals surface area contributed by atoms with Gasteiger partial charge in [0.25, 0.3) is 0 Å². The Hall–Kier alpha value is -2.41. The summed E-state index contributed by atoms with van der Waals surface area (Å²) in [5.41, 5.74) is -0.00209. The highest BCUT2D eigenvalue weighted by Gasteiger charge is 2.50. The van der Waals surface area contributed by atoms with Crippen LogP contribution in [0.2, 0.25) is 0 Å². The highest BCUT2D eigenvalue weighted by Crippen LogP contribution is 2.31. The molecule has 7 heteroatoms. The highest BCUT2D eigenvalue weighted by atomic mass is 16.6. The third-order valence-electron chi connectivity index (χ3n) is 4.31. The number of imide groups is 1. The summed E-state index contributed by atoms with van der Waals surface area (Å²) in [5, 5.41) is 10.1. The number of aliphatic hydroxyl groups excluding tert-OH is 1. The standard InChI is InChI=1S/C20H27NO6/c1-5-16(22)14-11-15(18(24)27-20(2,3)4)21(17(14)23)19(25)26-12-13-9-7-6-8-10-13/h6-10,14-16,22H,5,11-12H2,1-4H3/t14?,15-,16?/m0/s1. The summed E-state index contributed by atoms with van der Waals surface area (Å²) in [6.45, 7) is 6.83. The quantitative estimate of drug-likeness (QED) is 0.793. The maximum atomic E-state index is 12.7. The van der Waals surface area contributed by atoms with Crippen molar-refractivity contribution in [2.75, 3.05) is 0 Å². The first-order valence-electron chi connectivity index (χ1n) is 9.08. The van der Waals surface area contributed by atoms with Crippen LogP contribution in [0.1, 0.15) is 46.1 Å². The molecule has 3 atom stereocenters. The Labute approximate surface area is 159 Å². The SMILES string of the molecule is CCC(O)C1C[C@@H](C(=O)OC(C)(C)C)N(C(=O)OCc2ccccc2)C1=O. The van der Waals surface area contributed by atoms with Gasteiger partial charge < -0.3 is 14.6 Å². The number of carbonyl (C=O) groups is 3. The molecule has 1 fully saturated rings. The number of hydrogen-bond acceptors (Lipinski definition) is 6. The summed E-state index contributed by atoms with van der Waals surface area (Å²) in [5.74, 6) is -2.13. The third-order valence-corrected chi connectivity index (χ3v) is 4.31. The Morgan fingerprint density at radius 1 is 1.26 bits per heavy atom. The molecular formula is C20H27NO6. The highest BCUT2D eigenvalue weighted by molar-refractivity contribution is 6.01. The van der Waals surface area contributed by atoms with Crippen molar-refractivity contribution in [1.29, 1.82) is 0 Å². The first-order valence-corrected chi connectivity index (χ1v) is 9.08. The van der Waals surface area contributed by atoms with Crippen LogP contribution < -0.4 is 0 Å². The molecule has 1 N–H and O–H groups in total. The second kappa shape index (κ2) is 8.52. The largest absolute Gasteiger partial charge is 0.458 e. The molecule has 0 spiro atoms. The summed E-state index contributed by atoms with van der Waals surface area (Å²) in [6, 6.07) is 7.92. The average molecular weight is 377 g/mol. The van der Waals surface area contributed by atoms with E-state index in [4.69, 9.17) is 9.47 Å². The zero-order valence-corrected chi connectivity index (χ0v) is 16.2. The van der Waals surface area contributed by atoms with Crippen LogP contribution in [0.4, 0.5) is 4.79 Å². The van der Waals surface area contributed by atoms with Crippen LogP contribution in [0.3, 0.4) is 0 Å². The van der Waals surface area contributed by atoms with Gasteiger partial charge in [-0.2, -0.15) is 0 Å². The maximum absolute atomic E-state index is 12.7. The van der Waals surface area contributed by atoms with Crippen LogP contribution in [-0.4, -0.2) is 45.7 Å². The molecule has 0 saturated carbocycles. The molecule has 0 radical (unpaired) electrons. The molecule has 7 nitrogen and oxygen atoms in total. The van der Waals surface area contributed by atoms with Crippen LogP contribution in [-0.2, 0) is 25.7 Å². The fourth-order valence-corrected chi connectivity index (χ4v) is 2.96. The van der Waals surface area contributed by atoms with Gasteiger partial charge in [-0.05, 0) is 39.2 Å². The van der Waals surface area contributed by atoms with Gasteiger partial charge in [-0.1, -0.05) is 37.3 Å². The molecule has 1 aliphatic rings. The van der Waals surface area contributed by atoms with Crippen LogP contribution in [0, 0.1) is 5.92 Å². The zero-order valence-electron chi connectivity index (χ0n) is 16.2. The van der Waals surface area contributed by atoms with E-state index in [9.17, 15) is 19.5 Å². The van der Waals surface area contributed by atoms with Crippen molar-refractivity contribution in [3.8, 4) is 0 Å². The average Bonchev–Trinajstić information content (AvgIpc) is 2.96. The number of amides is 2. The van der Waals surface area contributed by atoms with Crippen LogP contribution in [0.15, 0.2) is 30.3 Å². The second-order valence-corrected chi connectivity index (χ2v) is 7.62. The van der Waals surface area contributed by atoms with Crippen molar-refractivity contribution in [2.45, 2.75) is 64.9 Å². The van der Waals surface area contributed by atoms with Crippen LogP contribution in [0.25, 0.3) is 0 Å². The maximum Gasteiger partial charge on any atom is 0.417 e. The van der Waals surface area contributed by atoms with E-state index in [0.29, 0.717) is 6.42 Å². The number of nitrogens with zero attached hydrogens (tertiary/aromatic N) is 1. The molecule has 0 aliphatic carbocycles. The fourth-order valence-electron chi connectivity index (χ4n) is 2.96. The van der Waals surface area contributed by atoms with Crippen molar-refractivity contribution >= 4 is 18.0 Å². The predicted molar refractivity (Wildman–Crippen MR) is 97.5 cm³/mol. The Balaban J connectivity index is 2.17. The van der Waals surface area contributed by atoms with Gasteiger partial charge in [0.15, 0.2) is 0 Å². The lowest BCUT2D eigenvalue weighted by atomic mass is 9.96. The Morgan fingerprint density at radius 3 is 2.44 bits per heavy atom. The molecule has 2 rings (SSSR count). The summed E-state index contributed by atoms with van der Waals surface area (Å²) >= 11 is 0. The van der Waals surface area contributed by atoms with Gasteiger partial charge in [0.05, 0.1) is 12.0 Å². The number of rotatable bonds is 5. The fraction of sp³-hybridized carbons (Fsp3) is 0.550. The van der Waals surface area contributed by atoms with Gasteiger partial charge in [0.2, 0.25) is 5.91 Å². The van der Waals surface area contributed by atoms with Crippen molar-refractivity contribution in [2.24, 2.45) is 5.92 Å². The van der Waals surface area contributed by atoms with Crippen molar-refractivity contribution in [3.05, 3.63) is 35.9 Å². The molecule has 1 aliphatic heterocycles. The molecule has 1 aromatic rings. The van der Waals surface area contributed by atoms with Crippen LogP contribution >= 0.6 is 0 Å². The minimum absolute atomic E-state index is 0.0171. The number of hydrogen-bond donors (Lipinski definition) is 1. The lowest BCUT2D eigenvalue weighted by molar-refractivity contribution is -0.161. The lowest BCUT2D eigenvalue weighted by Gasteiger charge is -2.25. The van der Waals surface area contributed by atoms with E-state index in [1.807, 2.05) is 6.07 Å². The molecule has 2 amide bonds. The molecular weight excluding hydrogens is 350 g/mol. The van der Waals surface area contributed by atoms with Crippen molar-refractivity contribution < 1.29 is 29.0 Å². The Bertz CT molecular complexity index is 681. The van der Waals surface area contributed by atoms with E-state index in [2.05, 4.69) is 0 Å². The normalized spacial score (nSPS) is 21.1. The summed E-state index contributed by atoms with van der Waals surface area (Å²) in [4.78, 5) is 38.6. The summed E-state index contributed by atoms with van der Waals surface area (Å²) < 4.78 is 10.6. The van der Waals surface area contributed by atoms with E-state index in [0.717, 1.165) is 10.5 Å². The Morgan fingerprint density at radius 2 is 1.89 bits per heavy atom. The van der Waals surface area contributed by atoms with Gasteiger partial charge in [-0.15, -0.1) is 0 Å². The molecule has 1 heterocycles. The minimum atomic E-state index is -1.11. The molecule has 1 saturated heterocycles. The van der Waals surface area contributed by atoms with Gasteiger partial charge >= 0.3 is 12.1 Å². The number of ether oxygens (including phenoxy) is 2. The smallest absolute Gasteiger partial charge is 0.417 e. The van der Waals surface area contributed by atoms with Gasteiger partial charge in [0.1, 0.15) is 18.2 Å². The van der Waals surface area contributed by atoms with E-state index >= 15 is 0 Å². The van der Waals surface area contributed by atoms with Crippen molar-refractivity contribution in [3.63, 3.8) is 0 Å². The summed E-state index contributed by atoms with van der Waals surface area (Å²) in [6.07, 6.45) is -1.49. The predicted octanol–water partition coefficient (Wildman–Crippen LogP) is 2.65. The van der Waals surface area contributed by atoms with Gasteiger partial charge in [0, 0.05) is 0 Å². The minimum Gasteiger partial charge on any atom is -0.458 e. The zero-order chi connectivity index (χ0) is 20.2. The number of benzene rings is 1. The van der Waals surface area contributed by atoms with Crippen LogP contribution in [0.5, 0.6) is 0 Å². The van der Waals surface area contributed by atoms with E-state index in [1.165, 1.54) is 0 Å². The summed E-state index contributed by atoms with van der Waals surface area (Å²) in [7, 11) is 0. The third kappa shape index (κ3) is 5.29. The molecule has 148 valence electrons. The number of esters is 1. The monoisotopic (exact) mass is 377 g/mol. The lowest BCUT2D eigenvalue weighted by Crippen LogP contribution is -2.46. The molecule has 0 bridgehead atoms. The van der Waals surface area contributed by atoms with E-state index < -0.39 is 41.6 Å². The molecule has 1 aromatic carbocycles.